The molecule has 0 N–H and O–H groups in total. The molecule has 0 saturated carbocycles. The van der Waals surface area contributed by atoms with Gasteiger partial charge >= 0.3 is 0 Å². The summed E-state index contributed by atoms with van der Waals surface area (Å²) in [6.07, 6.45) is 0. The standard InChI is InChI=1S/C72H42.C54H30/c1-4-49-22-25-55-28-34-61(64-37-31-52(7-1)67(49)70(55)64)46-16-10-43(11-17-46)58-40-59(44-12-18-47(19-13-44)62-35-29-56-26-23-50-5-2-8-53-32-38-65(62)71(56)68(50)53)42-60(41-58)45-14-20-48(21-15-45)63-36-30-57-27-24-51-6-3-9-54-33-39-66(63)72(57)69(51)54;1-4-31-10-13-37-16-22-43(46-25-19-34(7-1)49(31)52(37)46)40-28-41(44-23-17-38-14-11-32-5-2-8-35-20-26-47(44)53(38)50(32)35)30-42(29-40)45-24-18-39-15-12-33-6-3-9-36-21-27-48(45)54(39)51(33)36/h1-42H;1-30H. The summed E-state index contributed by atoms with van der Waals surface area (Å²) < 4.78 is 0. The lowest BCUT2D eigenvalue weighted by Crippen LogP contribution is -1.92. The average molecular weight is 1590 g/mol. The second-order valence-corrected chi connectivity index (χ2v) is 35.1. The van der Waals surface area contributed by atoms with Gasteiger partial charge in [-0.25, -0.2) is 0 Å². The molecular weight excluding hydrogens is 1510 g/mol. The predicted molar refractivity (Wildman–Crippen MR) is 544 cm³/mol. The highest BCUT2D eigenvalue weighted by Crippen LogP contribution is 2.50. The molecule has 0 heterocycles. The predicted octanol–water partition coefficient (Wildman–Crippen LogP) is 35.8. The maximum Gasteiger partial charge on any atom is -0.00206 e. The van der Waals surface area contributed by atoms with Crippen LogP contribution in [-0.2, 0) is 0 Å². The van der Waals surface area contributed by atoms with Crippen LogP contribution in [-0.4, -0.2) is 0 Å². The third-order valence-corrected chi connectivity index (χ3v) is 28.6. The first-order chi connectivity index (χ1) is 62.4. The van der Waals surface area contributed by atoms with Crippen LogP contribution in [0.5, 0.6) is 0 Å². The lowest BCUT2D eigenvalue weighted by atomic mass is 9.85. The molecule has 0 spiro atoms. The summed E-state index contributed by atoms with van der Waals surface area (Å²) in [7, 11) is 0. The summed E-state index contributed by atoms with van der Waals surface area (Å²) in [5.74, 6) is 0. The van der Waals surface area contributed by atoms with E-state index in [1.807, 2.05) is 0 Å². The molecule has 0 radical (unpaired) electrons. The molecule has 0 fully saturated rings. The lowest BCUT2D eigenvalue weighted by Gasteiger charge is -2.19. The Morgan fingerprint density at radius 1 is 0.0794 bits per heavy atom. The van der Waals surface area contributed by atoms with E-state index in [9.17, 15) is 0 Å². The van der Waals surface area contributed by atoms with Gasteiger partial charge in [-0.05, 0) is 330 Å². The zero-order valence-electron chi connectivity index (χ0n) is 68.6. The minimum atomic E-state index is 1.19. The van der Waals surface area contributed by atoms with Crippen LogP contribution in [0.3, 0.4) is 0 Å². The van der Waals surface area contributed by atoms with Crippen LogP contribution in [0.1, 0.15) is 0 Å². The summed E-state index contributed by atoms with van der Waals surface area (Å²) in [6.45, 7) is 0. The normalized spacial score (nSPS) is 12.3. The van der Waals surface area contributed by atoms with Gasteiger partial charge in [-0.1, -0.05) is 400 Å². The molecule has 126 heavy (non-hydrogen) atoms. The van der Waals surface area contributed by atoms with E-state index in [1.54, 1.807) is 0 Å². The first-order valence-corrected chi connectivity index (χ1v) is 44.0. The maximum absolute atomic E-state index is 2.44. The van der Waals surface area contributed by atoms with Gasteiger partial charge in [0.05, 0.1) is 0 Å². The Labute approximate surface area is 725 Å². The molecule has 0 aliphatic heterocycles. The minimum Gasteiger partial charge on any atom is -0.0610 e. The van der Waals surface area contributed by atoms with Crippen molar-refractivity contribution in [2.24, 2.45) is 0 Å². The summed E-state index contributed by atoms with van der Waals surface area (Å²) in [5, 5.41) is 47.2. The number of hydrogen-bond donors (Lipinski definition) is 0. The monoisotopic (exact) mass is 1580 g/mol. The number of rotatable bonds is 9. The topological polar surface area (TPSA) is 0 Å². The largest absolute Gasteiger partial charge is 0.0610 e. The first-order valence-electron chi connectivity index (χ1n) is 44.0. The van der Waals surface area contributed by atoms with Crippen LogP contribution in [0.2, 0.25) is 0 Å². The van der Waals surface area contributed by atoms with Gasteiger partial charge in [0.2, 0.25) is 0 Å². The molecule has 0 amide bonds. The first kappa shape index (κ1) is 69.3. The fraction of sp³-hybridized carbons (Fsp3) is 0. The van der Waals surface area contributed by atoms with E-state index in [0.29, 0.717) is 0 Å². The molecule has 0 aliphatic rings. The van der Waals surface area contributed by atoms with Crippen LogP contribution in [0.25, 0.3) is 294 Å². The molecule has 0 bridgehead atoms. The van der Waals surface area contributed by atoms with E-state index in [0.717, 1.165) is 0 Å². The Hall–Kier alpha value is -16.4. The van der Waals surface area contributed by atoms with Gasteiger partial charge in [-0.3, -0.25) is 0 Å². The van der Waals surface area contributed by atoms with Gasteiger partial charge in [0.1, 0.15) is 0 Å². The Bertz CT molecular complexity index is 8570. The highest BCUT2D eigenvalue weighted by atomic mass is 14.3. The number of hydrogen-bond acceptors (Lipinski definition) is 0. The van der Waals surface area contributed by atoms with Crippen molar-refractivity contribution in [3.63, 3.8) is 0 Å². The summed E-state index contributed by atoms with van der Waals surface area (Å²) >= 11 is 0. The van der Waals surface area contributed by atoms with E-state index >= 15 is 0 Å². The Balaban J connectivity index is 0.000000133. The molecule has 0 heteroatoms. The lowest BCUT2D eigenvalue weighted by molar-refractivity contribution is 1.56. The molecular formula is C126H72. The van der Waals surface area contributed by atoms with Crippen molar-refractivity contribution in [2.75, 3.05) is 0 Å². The van der Waals surface area contributed by atoms with Gasteiger partial charge < -0.3 is 0 Å². The van der Waals surface area contributed by atoms with Gasteiger partial charge in [-0.2, -0.15) is 0 Å². The van der Waals surface area contributed by atoms with E-state index < -0.39 is 0 Å². The third-order valence-electron chi connectivity index (χ3n) is 28.6. The Kier molecular flexibility index (Phi) is 14.6. The molecule has 0 aliphatic carbocycles. The Morgan fingerprint density at radius 2 is 0.206 bits per heavy atom. The van der Waals surface area contributed by atoms with Crippen molar-refractivity contribution >= 4 is 194 Å². The van der Waals surface area contributed by atoms with Gasteiger partial charge in [0.25, 0.3) is 0 Å². The molecule has 576 valence electrons. The summed E-state index contributed by atoms with van der Waals surface area (Å²) in [4.78, 5) is 0. The van der Waals surface area contributed by atoms with Crippen LogP contribution in [0.4, 0.5) is 0 Å². The van der Waals surface area contributed by atoms with Gasteiger partial charge in [-0.15, -0.1) is 0 Å². The fourth-order valence-corrected chi connectivity index (χ4v) is 22.7. The molecule has 0 atom stereocenters. The van der Waals surface area contributed by atoms with E-state index in [4.69, 9.17) is 0 Å². The second-order valence-electron chi connectivity index (χ2n) is 35.1. The molecule has 29 rings (SSSR count). The molecule has 0 aromatic heterocycles. The van der Waals surface area contributed by atoms with Crippen molar-refractivity contribution in [1.82, 2.24) is 0 Å². The van der Waals surface area contributed by atoms with Crippen LogP contribution >= 0.6 is 0 Å². The van der Waals surface area contributed by atoms with E-state index in [1.165, 1.54) is 294 Å². The van der Waals surface area contributed by atoms with Crippen LogP contribution < -0.4 is 0 Å². The quantitative estimate of drug-likeness (QED) is 0.126. The van der Waals surface area contributed by atoms with Gasteiger partial charge in [0, 0.05) is 0 Å². The van der Waals surface area contributed by atoms with E-state index in [-0.39, 0.29) is 0 Å². The fourth-order valence-electron chi connectivity index (χ4n) is 22.7. The van der Waals surface area contributed by atoms with Gasteiger partial charge in [0.15, 0.2) is 0 Å². The molecule has 0 saturated heterocycles. The highest BCUT2D eigenvalue weighted by molar-refractivity contribution is 6.32. The van der Waals surface area contributed by atoms with Crippen LogP contribution in [0, 0.1) is 0 Å². The Morgan fingerprint density at radius 3 is 0.381 bits per heavy atom. The van der Waals surface area contributed by atoms with Crippen molar-refractivity contribution in [3.8, 4) is 100 Å². The van der Waals surface area contributed by atoms with Crippen molar-refractivity contribution in [2.45, 2.75) is 0 Å². The zero-order chi connectivity index (χ0) is 82.1. The zero-order valence-corrected chi connectivity index (χ0v) is 68.6. The third kappa shape index (κ3) is 10.4. The molecule has 0 nitrogen and oxygen atoms in total. The van der Waals surface area contributed by atoms with Crippen molar-refractivity contribution in [1.29, 1.82) is 0 Å². The minimum absolute atomic E-state index is 1.19. The van der Waals surface area contributed by atoms with E-state index in [2.05, 4.69) is 437 Å². The molecule has 0 unspecified atom stereocenters. The summed E-state index contributed by atoms with van der Waals surface area (Å²) in [6, 6.07) is 165. The SMILES string of the molecule is c1cc2ccc3ccc(-c4cc(-c5ccc6ccc7cccc8ccc5c6c78)cc(-c5ccc6ccc7cccc8ccc5c6c78)c4)c4ccc(c1)c2c34.c1cc2ccc3ccc(-c4ccc(-c5cc(-c6ccc(-c7ccc8ccc9cccc%10ccc7c8c9%10)cc6)cc(-c6ccc(-c7ccc8ccc9cccc%10ccc7c8c9%10)cc6)c5)cc4)c4ccc(c1)c2c34. The van der Waals surface area contributed by atoms with Crippen LogP contribution in [0.15, 0.2) is 437 Å². The van der Waals surface area contributed by atoms with Crippen molar-refractivity contribution in [3.05, 3.63) is 437 Å². The summed E-state index contributed by atoms with van der Waals surface area (Å²) in [5.41, 5.74) is 22.1. The smallest absolute Gasteiger partial charge is 0.00206 e. The number of benzene rings is 29. The van der Waals surface area contributed by atoms with Crippen molar-refractivity contribution < 1.29 is 0 Å². The maximum atomic E-state index is 2.44. The molecule has 29 aromatic carbocycles. The molecule has 29 aromatic rings. The average Bonchev–Trinajstić information content (AvgIpc) is 0.619. The highest BCUT2D eigenvalue weighted by Gasteiger charge is 2.23. The second kappa shape index (κ2) is 26.6.